The molecule has 0 saturated heterocycles. The third kappa shape index (κ3) is 3.24. The summed E-state index contributed by atoms with van der Waals surface area (Å²) >= 11 is 0. The minimum Gasteiger partial charge on any atom is -0.344 e. The van der Waals surface area contributed by atoms with Crippen molar-refractivity contribution >= 4 is 28.4 Å². The van der Waals surface area contributed by atoms with Crippen molar-refractivity contribution in [1.29, 1.82) is 0 Å². The molecule has 9 heteroatoms. The third-order valence-corrected chi connectivity index (χ3v) is 6.13. The van der Waals surface area contributed by atoms with Crippen LogP contribution in [0.4, 0.5) is 5.69 Å². The number of aryl methyl sites for hydroxylation is 4. The normalized spacial score (nSPS) is 11.4. The quantitative estimate of drug-likeness (QED) is 0.450. The van der Waals surface area contributed by atoms with E-state index in [1.54, 1.807) is 18.7 Å². The van der Waals surface area contributed by atoms with E-state index in [4.69, 9.17) is 0 Å². The number of hydrogen-bond acceptors (Lipinski definition) is 4. The van der Waals surface area contributed by atoms with E-state index in [1.165, 1.54) is 8.97 Å². The van der Waals surface area contributed by atoms with Crippen molar-refractivity contribution < 1.29 is 4.79 Å². The fourth-order valence-corrected chi connectivity index (χ4v) is 4.41. The first-order valence-corrected chi connectivity index (χ1v) is 10.9. The predicted molar refractivity (Wildman–Crippen MR) is 131 cm³/mol. The SMILES string of the molecule is Cc1cccc(C)c1NC(=O)Cn1nc2n(C)c(=O)c3c(c(-c4ccccc4)cn3C)n2c1=O. The molecule has 5 aromatic rings. The lowest BCUT2D eigenvalue weighted by atomic mass is 10.1. The van der Waals surface area contributed by atoms with Gasteiger partial charge in [0.15, 0.2) is 0 Å². The summed E-state index contributed by atoms with van der Waals surface area (Å²) in [6.07, 6.45) is 1.83. The Balaban J connectivity index is 1.68. The van der Waals surface area contributed by atoms with E-state index >= 15 is 0 Å². The highest BCUT2D eigenvalue weighted by molar-refractivity contribution is 5.94. The van der Waals surface area contributed by atoms with Gasteiger partial charge in [0, 0.05) is 31.5 Å². The van der Waals surface area contributed by atoms with Gasteiger partial charge >= 0.3 is 5.69 Å². The largest absolute Gasteiger partial charge is 0.352 e. The highest BCUT2D eigenvalue weighted by Gasteiger charge is 2.22. The second-order valence-corrected chi connectivity index (χ2v) is 8.47. The van der Waals surface area contributed by atoms with Gasteiger partial charge in [-0.05, 0) is 30.5 Å². The Kier molecular flexibility index (Phi) is 4.97. The number of rotatable bonds is 4. The average molecular weight is 457 g/mol. The van der Waals surface area contributed by atoms with E-state index in [0.717, 1.165) is 26.9 Å². The Labute approximate surface area is 194 Å². The van der Waals surface area contributed by atoms with Crippen molar-refractivity contribution in [3.05, 3.63) is 86.7 Å². The fourth-order valence-electron chi connectivity index (χ4n) is 4.41. The Morgan fingerprint density at radius 2 is 1.62 bits per heavy atom. The molecule has 34 heavy (non-hydrogen) atoms. The maximum absolute atomic E-state index is 13.5. The first kappa shape index (κ1) is 21.4. The minimum atomic E-state index is -0.490. The molecule has 0 spiro atoms. The Morgan fingerprint density at radius 3 is 2.29 bits per heavy atom. The van der Waals surface area contributed by atoms with Crippen LogP contribution in [0.3, 0.4) is 0 Å². The molecule has 0 atom stereocenters. The lowest BCUT2D eigenvalue weighted by Gasteiger charge is -2.10. The summed E-state index contributed by atoms with van der Waals surface area (Å²) in [6, 6.07) is 15.3. The number of nitrogens with zero attached hydrogens (tertiary/aromatic N) is 5. The molecule has 0 unspecified atom stereocenters. The molecule has 0 aliphatic carbocycles. The first-order valence-electron chi connectivity index (χ1n) is 10.9. The van der Waals surface area contributed by atoms with E-state index in [2.05, 4.69) is 10.4 Å². The molecule has 2 aromatic carbocycles. The van der Waals surface area contributed by atoms with Crippen LogP contribution in [0.25, 0.3) is 27.9 Å². The number of aromatic nitrogens is 5. The number of para-hydroxylation sites is 1. The molecular weight excluding hydrogens is 432 g/mol. The van der Waals surface area contributed by atoms with Gasteiger partial charge in [0.1, 0.15) is 12.1 Å². The molecule has 0 fully saturated rings. The highest BCUT2D eigenvalue weighted by atomic mass is 16.2. The Morgan fingerprint density at radius 1 is 0.941 bits per heavy atom. The van der Waals surface area contributed by atoms with Crippen molar-refractivity contribution in [2.24, 2.45) is 14.1 Å². The van der Waals surface area contributed by atoms with E-state index in [0.29, 0.717) is 16.7 Å². The minimum absolute atomic E-state index is 0.172. The lowest BCUT2D eigenvalue weighted by molar-refractivity contribution is -0.117. The number of fused-ring (bicyclic) bond motifs is 3. The molecule has 0 saturated carbocycles. The molecule has 0 bridgehead atoms. The van der Waals surface area contributed by atoms with Crippen LogP contribution in [0.15, 0.2) is 64.3 Å². The zero-order chi connectivity index (χ0) is 24.1. The molecule has 3 heterocycles. The van der Waals surface area contributed by atoms with Gasteiger partial charge in [0.25, 0.3) is 5.56 Å². The van der Waals surface area contributed by atoms with Gasteiger partial charge in [-0.1, -0.05) is 48.5 Å². The van der Waals surface area contributed by atoms with Gasteiger partial charge in [-0.3, -0.25) is 14.2 Å². The summed E-state index contributed by atoms with van der Waals surface area (Å²) in [7, 11) is 3.34. The standard InChI is InChI=1S/C25H24N6O3/c1-15-9-8-10-16(2)20(15)26-19(32)14-30-25(34)31-21-18(17-11-6-5-7-12-17)13-28(3)22(21)23(33)29(4)24(31)27-30/h5-13H,14H2,1-4H3,(H,26,32). The number of nitrogens with one attached hydrogen (secondary N) is 1. The van der Waals surface area contributed by atoms with Crippen molar-refractivity contribution in [2.45, 2.75) is 20.4 Å². The van der Waals surface area contributed by atoms with Gasteiger partial charge in [0.05, 0.1) is 5.52 Å². The van der Waals surface area contributed by atoms with Gasteiger partial charge in [-0.2, -0.15) is 0 Å². The lowest BCUT2D eigenvalue weighted by Crippen LogP contribution is -2.29. The number of hydrogen-bond donors (Lipinski definition) is 1. The molecule has 1 amide bonds. The van der Waals surface area contributed by atoms with Crippen LogP contribution in [0, 0.1) is 13.8 Å². The van der Waals surface area contributed by atoms with Gasteiger partial charge in [-0.25, -0.2) is 13.9 Å². The zero-order valence-corrected chi connectivity index (χ0v) is 19.4. The van der Waals surface area contributed by atoms with E-state index in [1.807, 2.05) is 68.6 Å². The second kappa shape index (κ2) is 7.87. The second-order valence-electron chi connectivity index (χ2n) is 8.47. The van der Waals surface area contributed by atoms with Crippen LogP contribution < -0.4 is 16.6 Å². The van der Waals surface area contributed by atoms with Gasteiger partial charge < -0.3 is 9.88 Å². The maximum Gasteiger partial charge on any atom is 0.352 e. The summed E-state index contributed by atoms with van der Waals surface area (Å²) < 4.78 is 5.56. The molecule has 3 aromatic heterocycles. The summed E-state index contributed by atoms with van der Waals surface area (Å²) in [6.45, 7) is 3.54. The number of carbonyl (C=O) groups is 1. The first-order chi connectivity index (χ1) is 16.3. The molecule has 172 valence electrons. The van der Waals surface area contributed by atoms with E-state index in [-0.39, 0.29) is 23.8 Å². The molecule has 5 rings (SSSR count). The molecule has 0 aliphatic rings. The monoisotopic (exact) mass is 456 g/mol. The molecule has 0 radical (unpaired) electrons. The van der Waals surface area contributed by atoms with Crippen LogP contribution in [0.2, 0.25) is 0 Å². The van der Waals surface area contributed by atoms with Crippen LogP contribution in [0.1, 0.15) is 11.1 Å². The summed E-state index contributed by atoms with van der Waals surface area (Å²) in [5.41, 5.74) is 4.27. The van der Waals surface area contributed by atoms with Gasteiger partial charge in [0.2, 0.25) is 11.7 Å². The third-order valence-electron chi connectivity index (χ3n) is 6.13. The fraction of sp³-hybridized carbons (Fsp3) is 0.200. The zero-order valence-electron chi connectivity index (χ0n) is 19.4. The summed E-state index contributed by atoms with van der Waals surface area (Å²) in [4.78, 5) is 39.5. The maximum atomic E-state index is 13.5. The van der Waals surface area contributed by atoms with Crippen LogP contribution >= 0.6 is 0 Å². The number of anilines is 1. The van der Waals surface area contributed by atoms with Crippen molar-refractivity contribution in [2.75, 3.05) is 5.32 Å². The Bertz CT molecular complexity index is 1680. The number of carbonyl (C=O) groups excluding carboxylic acids is 1. The van der Waals surface area contributed by atoms with Gasteiger partial charge in [-0.15, -0.1) is 5.10 Å². The average Bonchev–Trinajstić information content (AvgIpc) is 3.32. The summed E-state index contributed by atoms with van der Waals surface area (Å²) in [5, 5.41) is 7.24. The molecule has 9 nitrogen and oxygen atoms in total. The highest BCUT2D eigenvalue weighted by Crippen LogP contribution is 2.28. The van der Waals surface area contributed by atoms with Crippen LogP contribution in [0.5, 0.6) is 0 Å². The van der Waals surface area contributed by atoms with E-state index < -0.39 is 5.69 Å². The van der Waals surface area contributed by atoms with Crippen molar-refractivity contribution in [3.8, 4) is 11.1 Å². The number of benzene rings is 2. The molecular formula is C25H24N6O3. The molecule has 0 aliphatic heterocycles. The smallest absolute Gasteiger partial charge is 0.344 e. The van der Waals surface area contributed by atoms with Crippen molar-refractivity contribution in [1.82, 2.24) is 23.3 Å². The summed E-state index contributed by atoms with van der Waals surface area (Å²) in [5.74, 6) is -0.203. The van der Waals surface area contributed by atoms with E-state index in [9.17, 15) is 14.4 Å². The topological polar surface area (TPSA) is 95.3 Å². The van der Waals surface area contributed by atoms with Crippen LogP contribution in [-0.2, 0) is 25.4 Å². The predicted octanol–water partition coefficient (Wildman–Crippen LogP) is 2.61. The van der Waals surface area contributed by atoms with Crippen molar-refractivity contribution in [3.63, 3.8) is 0 Å². The molecule has 1 N–H and O–H groups in total. The van der Waals surface area contributed by atoms with Crippen LogP contribution in [-0.4, -0.2) is 29.2 Å². The Hall–Kier alpha value is -4.40. The number of amides is 1.